The van der Waals surface area contributed by atoms with Crippen LogP contribution in [-0.2, 0) is 6.42 Å². The van der Waals surface area contributed by atoms with Gasteiger partial charge in [0.2, 0.25) is 0 Å². The van der Waals surface area contributed by atoms with Crippen molar-refractivity contribution >= 4 is 28.4 Å². The van der Waals surface area contributed by atoms with Gasteiger partial charge in [-0.1, -0.05) is 30.3 Å². The zero-order valence-electron chi connectivity index (χ0n) is 10.8. The maximum atomic E-state index is 11.6. The maximum Gasteiger partial charge on any atom is 0.177 e. The van der Waals surface area contributed by atoms with E-state index in [9.17, 15) is 4.79 Å². The van der Waals surface area contributed by atoms with Crippen LogP contribution >= 0.6 is 11.6 Å². The summed E-state index contributed by atoms with van der Waals surface area (Å²) in [6.07, 6.45) is 0.744. The molecule has 1 aromatic heterocycles. The minimum atomic E-state index is -0.0761. The molecule has 0 radical (unpaired) electrons. The first kappa shape index (κ1) is 12.9. The second-order valence-electron chi connectivity index (χ2n) is 4.63. The first-order chi connectivity index (χ1) is 9.76. The summed E-state index contributed by atoms with van der Waals surface area (Å²) >= 11 is 5.57. The van der Waals surface area contributed by atoms with Gasteiger partial charge in [-0.15, -0.1) is 11.6 Å². The molecule has 0 aliphatic rings. The average molecular weight is 285 g/mol. The number of nitrogens with zero attached hydrogens (tertiary/aromatic N) is 1. The highest BCUT2D eigenvalue weighted by molar-refractivity contribution is 6.30. The Kier molecular flexibility index (Phi) is 3.52. The molecule has 3 aromatic rings. The fourth-order valence-corrected chi connectivity index (χ4v) is 2.34. The van der Waals surface area contributed by atoms with E-state index in [2.05, 4.69) is 22.1 Å². The van der Waals surface area contributed by atoms with E-state index in [4.69, 9.17) is 11.6 Å². The Bertz CT molecular complexity index is 750. The molecular weight excluding hydrogens is 272 g/mol. The number of aromatic amines is 1. The molecule has 1 heterocycles. The number of carbonyl (C=O) groups is 1. The number of hydrogen-bond donors (Lipinski definition) is 1. The number of carbonyl (C=O) groups excluding carboxylic acids is 1. The molecule has 0 saturated heterocycles. The fourth-order valence-electron chi connectivity index (χ4n) is 2.19. The molecule has 100 valence electrons. The molecule has 0 aliphatic heterocycles. The lowest BCUT2D eigenvalue weighted by Gasteiger charge is -1.96. The van der Waals surface area contributed by atoms with Crippen molar-refractivity contribution in [2.75, 3.05) is 5.88 Å². The lowest BCUT2D eigenvalue weighted by atomic mass is 10.1. The van der Waals surface area contributed by atoms with Gasteiger partial charge in [0.15, 0.2) is 5.78 Å². The zero-order valence-corrected chi connectivity index (χ0v) is 11.5. The van der Waals surface area contributed by atoms with Gasteiger partial charge in [0, 0.05) is 12.0 Å². The van der Waals surface area contributed by atoms with E-state index in [0.29, 0.717) is 5.56 Å². The SMILES string of the molecule is O=C(CCl)c1ccc2nc(Cc3ccccc3)[nH]c2c1. The molecule has 0 amide bonds. The van der Waals surface area contributed by atoms with Crippen molar-refractivity contribution in [1.82, 2.24) is 9.97 Å². The van der Waals surface area contributed by atoms with Gasteiger partial charge < -0.3 is 4.98 Å². The Labute approximate surface area is 121 Å². The minimum Gasteiger partial charge on any atom is -0.342 e. The molecule has 1 N–H and O–H groups in total. The number of benzene rings is 2. The first-order valence-electron chi connectivity index (χ1n) is 6.38. The molecule has 0 aliphatic carbocycles. The van der Waals surface area contributed by atoms with Crippen LogP contribution in [0.3, 0.4) is 0 Å². The number of fused-ring (bicyclic) bond motifs is 1. The number of halogens is 1. The molecular formula is C16H13ClN2O. The summed E-state index contributed by atoms with van der Waals surface area (Å²) in [5.41, 5.74) is 3.54. The Morgan fingerprint density at radius 1 is 1.15 bits per heavy atom. The predicted octanol–water partition coefficient (Wildman–Crippen LogP) is 3.58. The second-order valence-corrected chi connectivity index (χ2v) is 4.90. The number of aromatic nitrogens is 2. The van der Waals surface area contributed by atoms with E-state index in [-0.39, 0.29) is 11.7 Å². The third-order valence-corrected chi connectivity index (χ3v) is 3.43. The lowest BCUT2D eigenvalue weighted by Crippen LogP contribution is -1.99. The van der Waals surface area contributed by atoms with Crippen LogP contribution in [0.4, 0.5) is 0 Å². The molecule has 3 nitrogen and oxygen atoms in total. The number of hydrogen-bond acceptors (Lipinski definition) is 2. The van der Waals surface area contributed by atoms with E-state index in [1.165, 1.54) is 5.56 Å². The number of H-pyrrole nitrogens is 1. The van der Waals surface area contributed by atoms with Gasteiger partial charge in [-0.3, -0.25) is 4.79 Å². The number of Topliss-reactive ketones (excluding diaryl/α,β-unsaturated/α-hetero) is 1. The van der Waals surface area contributed by atoms with E-state index in [0.717, 1.165) is 23.3 Å². The number of imidazole rings is 1. The summed E-state index contributed by atoms with van der Waals surface area (Å²) in [7, 11) is 0. The summed E-state index contributed by atoms with van der Waals surface area (Å²) < 4.78 is 0. The number of rotatable bonds is 4. The van der Waals surface area contributed by atoms with Gasteiger partial charge in [0.1, 0.15) is 5.82 Å². The molecule has 3 rings (SSSR count). The first-order valence-corrected chi connectivity index (χ1v) is 6.91. The lowest BCUT2D eigenvalue weighted by molar-refractivity contribution is 0.102. The van der Waals surface area contributed by atoms with Crippen LogP contribution in [0.5, 0.6) is 0 Å². The van der Waals surface area contributed by atoms with E-state index in [1.807, 2.05) is 30.3 Å². The zero-order chi connectivity index (χ0) is 13.9. The monoisotopic (exact) mass is 284 g/mol. The molecule has 0 fully saturated rings. The molecule has 2 aromatic carbocycles. The fraction of sp³-hybridized carbons (Fsp3) is 0.125. The maximum absolute atomic E-state index is 11.6. The van der Waals surface area contributed by atoms with Crippen LogP contribution in [0.15, 0.2) is 48.5 Å². The summed E-state index contributed by atoms with van der Waals surface area (Å²) in [5, 5.41) is 0. The van der Waals surface area contributed by atoms with Gasteiger partial charge in [0.25, 0.3) is 0 Å². The third kappa shape index (κ3) is 2.58. The quantitative estimate of drug-likeness (QED) is 0.588. The summed E-state index contributed by atoms with van der Waals surface area (Å²) in [5.74, 6) is 0.811. The largest absolute Gasteiger partial charge is 0.342 e. The Morgan fingerprint density at radius 3 is 2.70 bits per heavy atom. The minimum absolute atomic E-state index is 0.00346. The second kappa shape index (κ2) is 5.47. The highest BCUT2D eigenvalue weighted by Gasteiger charge is 2.08. The van der Waals surface area contributed by atoms with Crippen molar-refractivity contribution in [3.63, 3.8) is 0 Å². The highest BCUT2D eigenvalue weighted by Crippen LogP contribution is 2.16. The van der Waals surface area contributed by atoms with Crippen molar-refractivity contribution in [1.29, 1.82) is 0 Å². The summed E-state index contributed by atoms with van der Waals surface area (Å²) in [6.45, 7) is 0. The molecule has 20 heavy (non-hydrogen) atoms. The Morgan fingerprint density at radius 2 is 1.95 bits per heavy atom. The van der Waals surface area contributed by atoms with Crippen LogP contribution in [0.25, 0.3) is 11.0 Å². The highest BCUT2D eigenvalue weighted by atomic mass is 35.5. The van der Waals surface area contributed by atoms with Gasteiger partial charge >= 0.3 is 0 Å². The van der Waals surface area contributed by atoms with Gasteiger partial charge in [-0.25, -0.2) is 4.98 Å². The number of ketones is 1. The topological polar surface area (TPSA) is 45.8 Å². The van der Waals surface area contributed by atoms with Crippen LogP contribution in [0.2, 0.25) is 0 Å². The smallest absolute Gasteiger partial charge is 0.177 e. The summed E-state index contributed by atoms with van der Waals surface area (Å²) in [6, 6.07) is 15.6. The van der Waals surface area contributed by atoms with Crippen molar-refractivity contribution in [2.45, 2.75) is 6.42 Å². The molecule has 0 spiro atoms. The average Bonchev–Trinajstić information content (AvgIpc) is 2.88. The Balaban J connectivity index is 1.92. The van der Waals surface area contributed by atoms with Gasteiger partial charge in [-0.05, 0) is 23.8 Å². The molecule has 0 atom stereocenters. The van der Waals surface area contributed by atoms with Crippen molar-refractivity contribution in [3.05, 3.63) is 65.5 Å². The Hall–Kier alpha value is -2.13. The van der Waals surface area contributed by atoms with E-state index in [1.54, 1.807) is 6.07 Å². The van der Waals surface area contributed by atoms with Crippen LogP contribution in [-0.4, -0.2) is 21.6 Å². The van der Waals surface area contributed by atoms with E-state index >= 15 is 0 Å². The molecule has 0 bridgehead atoms. The van der Waals surface area contributed by atoms with Crippen LogP contribution in [0, 0.1) is 0 Å². The molecule has 0 saturated carbocycles. The van der Waals surface area contributed by atoms with Gasteiger partial charge in [0.05, 0.1) is 16.9 Å². The standard InChI is InChI=1S/C16H13ClN2O/c17-10-15(20)12-6-7-13-14(9-12)19-16(18-13)8-11-4-2-1-3-5-11/h1-7,9H,8,10H2,(H,18,19). The molecule has 0 unspecified atom stereocenters. The predicted molar refractivity (Wildman–Crippen MR) is 80.4 cm³/mol. The number of nitrogens with one attached hydrogen (secondary N) is 1. The third-order valence-electron chi connectivity index (χ3n) is 3.19. The van der Waals surface area contributed by atoms with Crippen molar-refractivity contribution < 1.29 is 4.79 Å². The van der Waals surface area contributed by atoms with Gasteiger partial charge in [-0.2, -0.15) is 0 Å². The number of alkyl halides is 1. The van der Waals surface area contributed by atoms with Crippen molar-refractivity contribution in [2.24, 2.45) is 0 Å². The van der Waals surface area contributed by atoms with Crippen LogP contribution < -0.4 is 0 Å². The molecule has 4 heteroatoms. The van der Waals surface area contributed by atoms with Crippen LogP contribution in [0.1, 0.15) is 21.7 Å². The van der Waals surface area contributed by atoms with Crippen molar-refractivity contribution in [3.8, 4) is 0 Å². The summed E-state index contributed by atoms with van der Waals surface area (Å²) in [4.78, 5) is 19.4. The normalized spacial score (nSPS) is 10.8. The van der Waals surface area contributed by atoms with E-state index < -0.39 is 0 Å².